The summed E-state index contributed by atoms with van der Waals surface area (Å²) in [5.41, 5.74) is 0. The van der Waals surface area contributed by atoms with Gasteiger partial charge < -0.3 is 4.90 Å². The van der Waals surface area contributed by atoms with E-state index in [0.29, 0.717) is 25.6 Å². The quantitative estimate of drug-likeness (QED) is 0.690. The molecule has 1 unspecified atom stereocenters. The van der Waals surface area contributed by atoms with Crippen LogP contribution in [0.1, 0.15) is 64.1 Å². The number of hydrogen-bond donors (Lipinski definition) is 0. The molecule has 0 N–H and O–H groups in total. The Morgan fingerprint density at radius 1 is 1.06 bits per heavy atom. The average molecular weight is 450 g/mol. The van der Waals surface area contributed by atoms with Crippen LogP contribution < -0.4 is 0 Å². The fourth-order valence-electron chi connectivity index (χ4n) is 5.75. The van der Waals surface area contributed by atoms with Crippen molar-refractivity contribution in [1.82, 2.24) is 24.7 Å². The summed E-state index contributed by atoms with van der Waals surface area (Å²) in [4.78, 5) is 28.2. The van der Waals surface area contributed by atoms with Crippen molar-refractivity contribution in [2.45, 2.75) is 76.3 Å². The van der Waals surface area contributed by atoms with Gasteiger partial charge in [0.25, 0.3) is 5.92 Å². The lowest BCUT2D eigenvalue weighted by Gasteiger charge is -2.47. The minimum Gasteiger partial charge on any atom is -0.343 e. The van der Waals surface area contributed by atoms with Crippen molar-refractivity contribution in [3.05, 3.63) is 24.3 Å². The number of carbonyl (C=O) groups excluding carboxylic acids is 1. The lowest BCUT2D eigenvalue weighted by molar-refractivity contribution is -0.150. The molecule has 0 aromatic carbocycles. The first kappa shape index (κ1) is 23.5. The molecule has 2 atom stereocenters. The molecule has 1 aromatic rings. The molecular formula is C24H37F2N5O. The van der Waals surface area contributed by atoms with Gasteiger partial charge in [0, 0.05) is 88.4 Å². The Morgan fingerprint density at radius 3 is 2.34 bits per heavy atom. The number of rotatable bonds is 5. The third kappa shape index (κ3) is 5.28. The highest BCUT2D eigenvalue weighted by atomic mass is 19.3. The van der Waals surface area contributed by atoms with Gasteiger partial charge in [-0.05, 0) is 45.6 Å². The van der Waals surface area contributed by atoms with E-state index in [1.165, 1.54) is 0 Å². The monoisotopic (exact) mass is 449 g/mol. The first-order valence-electron chi connectivity index (χ1n) is 12.3. The van der Waals surface area contributed by atoms with E-state index in [4.69, 9.17) is 0 Å². The molecule has 178 valence electrons. The number of aromatic nitrogens is 2. The van der Waals surface area contributed by atoms with E-state index in [2.05, 4.69) is 33.6 Å². The highest BCUT2D eigenvalue weighted by molar-refractivity contribution is 5.76. The van der Waals surface area contributed by atoms with Crippen molar-refractivity contribution in [3.8, 4) is 0 Å². The van der Waals surface area contributed by atoms with Gasteiger partial charge in [-0.3, -0.25) is 14.6 Å². The van der Waals surface area contributed by atoms with E-state index >= 15 is 8.78 Å². The molecule has 3 heterocycles. The standard InChI is InChI=1S/C24H37F2N5O/c1-18(2)29-13-15-30(16-14-29)21-5-3-8-24(25,26)20(21)17-22(32)31-11-6-19(7-12-31)23-27-9-4-10-28-23/h4,9-10,18-21H,3,5-8,11-17H2,1-2H3/t20?,21-/m0/s1. The molecule has 3 fully saturated rings. The second kappa shape index (κ2) is 10.1. The van der Waals surface area contributed by atoms with Crippen LogP contribution in [0.25, 0.3) is 0 Å². The fourth-order valence-corrected chi connectivity index (χ4v) is 5.75. The molecule has 1 amide bonds. The maximum atomic E-state index is 15.1. The molecule has 0 spiro atoms. The van der Waals surface area contributed by atoms with Crippen LogP contribution in [-0.4, -0.2) is 87.8 Å². The molecule has 0 radical (unpaired) electrons. The van der Waals surface area contributed by atoms with E-state index in [1.54, 1.807) is 23.4 Å². The summed E-state index contributed by atoms with van der Waals surface area (Å²) in [5.74, 6) is -2.72. The van der Waals surface area contributed by atoms with E-state index in [-0.39, 0.29) is 30.7 Å². The number of piperazine rings is 1. The minimum absolute atomic E-state index is 0.0471. The Bertz CT molecular complexity index is 746. The number of carbonyl (C=O) groups is 1. The molecule has 3 aliphatic rings. The van der Waals surface area contributed by atoms with Crippen LogP contribution in [0.2, 0.25) is 0 Å². The summed E-state index contributed by atoms with van der Waals surface area (Å²) in [6.45, 7) is 9.00. The van der Waals surface area contributed by atoms with Crippen molar-refractivity contribution in [2.75, 3.05) is 39.3 Å². The van der Waals surface area contributed by atoms with Crippen molar-refractivity contribution >= 4 is 5.91 Å². The Labute approximate surface area is 190 Å². The second-order valence-electron chi connectivity index (χ2n) is 9.96. The van der Waals surface area contributed by atoms with Gasteiger partial charge in [0.05, 0.1) is 0 Å². The number of alkyl halides is 2. The minimum atomic E-state index is -2.77. The number of halogens is 2. The van der Waals surface area contributed by atoms with Gasteiger partial charge in [-0.15, -0.1) is 0 Å². The van der Waals surface area contributed by atoms with Crippen molar-refractivity contribution in [1.29, 1.82) is 0 Å². The number of nitrogens with zero attached hydrogens (tertiary/aromatic N) is 5. The van der Waals surface area contributed by atoms with Crippen LogP contribution in [0.5, 0.6) is 0 Å². The predicted octanol–water partition coefficient (Wildman–Crippen LogP) is 3.40. The summed E-state index contributed by atoms with van der Waals surface area (Å²) < 4.78 is 30.1. The molecule has 8 heteroatoms. The summed E-state index contributed by atoms with van der Waals surface area (Å²) in [6, 6.07) is 2.07. The second-order valence-corrected chi connectivity index (χ2v) is 9.96. The third-order valence-electron chi connectivity index (χ3n) is 7.76. The van der Waals surface area contributed by atoms with Gasteiger partial charge in [0.15, 0.2) is 0 Å². The largest absolute Gasteiger partial charge is 0.343 e. The van der Waals surface area contributed by atoms with E-state index in [0.717, 1.165) is 51.3 Å². The molecule has 32 heavy (non-hydrogen) atoms. The van der Waals surface area contributed by atoms with Crippen LogP contribution in [0, 0.1) is 5.92 Å². The maximum Gasteiger partial charge on any atom is 0.252 e. The summed E-state index contributed by atoms with van der Waals surface area (Å²) in [6.07, 6.45) is 6.22. The van der Waals surface area contributed by atoms with Crippen LogP contribution in [0.3, 0.4) is 0 Å². The highest BCUT2D eigenvalue weighted by Crippen LogP contribution is 2.43. The van der Waals surface area contributed by atoms with Crippen molar-refractivity contribution in [3.63, 3.8) is 0 Å². The zero-order valence-corrected chi connectivity index (χ0v) is 19.4. The Hall–Kier alpha value is -1.67. The van der Waals surface area contributed by atoms with Crippen LogP contribution in [0.15, 0.2) is 18.5 Å². The van der Waals surface area contributed by atoms with Crippen molar-refractivity contribution < 1.29 is 13.6 Å². The average Bonchev–Trinajstić information content (AvgIpc) is 2.81. The van der Waals surface area contributed by atoms with E-state index in [1.807, 2.05) is 0 Å². The van der Waals surface area contributed by atoms with Gasteiger partial charge in [-0.1, -0.05) is 0 Å². The molecule has 4 rings (SSSR count). The van der Waals surface area contributed by atoms with Gasteiger partial charge in [0.2, 0.25) is 5.91 Å². The number of hydrogen-bond acceptors (Lipinski definition) is 5. The number of amides is 1. The van der Waals surface area contributed by atoms with Crippen LogP contribution >= 0.6 is 0 Å². The summed E-state index contributed by atoms with van der Waals surface area (Å²) >= 11 is 0. The lowest BCUT2D eigenvalue weighted by atomic mass is 9.77. The molecule has 6 nitrogen and oxygen atoms in total. The maximum absolute atomic E-state index is 15.1. The van der Waals surface area contributed by atoms with Gasteiger partial charge in [-0.25, -0.2) is 18.7 Å². The third-order valence-corrected chi connectivity index (χ3v) is 7.76. The van der Waals surface area contributed by atoms with E-state index in [9.17, 15) is 4.79 Å². The zero-order chi connectivity index (χ0) is 22.7. The first-order chi connectivity index (χ1) is 15.3. The van der Waals surface area contributed by atoms with Crippen LogP contribution in [0.4, 0.5) is 8.78 Å². The smallest absolute Gasteiger partial charge is 0.252 e. The van der Waals surface area contributed by atoms with E-state index < -0.39 is 11.8 Å². The normalized spacial score (nSPS) is 28.2. The number of piperidine rings is 1. The van der Waals surface area contributed by atoms with Crippen LogP contribution in [-0.2, 0) is 4.79 Å². The number of likely N-dealkylation sites (tertiary alicyclic amines) is 1. The Kier molecular flexibility index (Phi) is 7.40. The predicted molar refractivity (Wildman–Crippen MR) is 120 cm³/mol. The zero-order valence-electron chi connectivity index (χ0n) is 19.4. The highest BCUT2D eigenvalue weighted by Gasteiger charge is 2.50. The molecule has 0 bridgehead atoms. The van der Waals surface area contributed by atoms with Gasteiger partial charge in [-0.2, -0.15) is 0 Å². The fraction of sp³-hybridized carbons (Fsp3) is 0.792. The molecule has 2 aliphatic heterocycles. The van der Waals surface area contributed by atoms with Gasteiger partial charge in [0.1, 0.15) is 5.82 Å². The summed E-state index contributed by atoms with van der Waals surface area (Å²) in [7, 11) is 0. The topological polar surface area (TPSA) is 52.6 Å². The molecular weight excluding hydrogens is 412 g/mol. The van der Waals surface area contributed by atoms with Gasteiger partial charge >= 0.3 is 0 Å². The Balaban J connectivity index is 1.36. The molecule has 1 saturated carbocycles. The summed E-state index contributed by atoms with van der Waals surface area (Å²) in [5, 5.41) is 0. The lowest BCUT2D eigenvalue weighted by Crippen LogP contribution is -2.58. The molecule has 1 aliphatic carbocycles. The Morgan fingerprint density at radius 2 is 1.72 bits per heavy atom. The first-order valence-corrected chi connectivity index (χ1v) is 12.3. The SMILES string of the molecule is CC(C)N1CCN([C@H]2CCCC(F)(F)C2CC(=O)N2CCC(c3ncccn3)CC2)CC1. The van der Waals surface area contributed by atoms with Crippen molar-refractivity contribution in [2.24, 2.45) is 5.92 Å². The molecule has 1 aromatic heterocycles. The molecule has 2 saturated heterocycles.